The molecule has 8 rings (SSSR count). The minimum absolute atomic E-state index is 0.0815. The highest BCUT2D eigenvalue weighted by atomic mass is 16.6. The SMILES string of the molecule is COc1ccccc1/C=C/C(=O)NC[C@H]1C[C@@]23CC[C@]1(OC)[C@@H]1Oc4c(OC)ccc5c4[C@@]12CCN(C)[C@@H]3C5. The fourth-order valence-corrected chi connectivity index (χ4v) is 9.47. The van der Waals surface area contributed by atoms with E-state index in [9.17, 15) is 4.79 Å². The van der Waals surface area contributed by atoms with E-state index in [0.29, 0.717) is 12.6 Å². The van der Waals surface area contributed by atoms with Gasteiger partial charge in [-0.3, -0.25) is 4.79 Å². The van der Waals surface area contributed by atoms with Crippen molar-refractivity contribution >= 4 is 12.0 Å². The molecule has 0 aromatic heterocycles. The highest BCUT2D eigenvalue weighted by Crippen LogP contribution is 2.76. The number of carbonyl (C=O) groups is 1. The number of nitrogens with one attached hydrogen (secondary N) is 1. The molecule has 2 aromatic rings. The van der Waals surface area contributed by atoms with Gasteiger partial charge < -0.3 is 29.2 Å². The Morgan fingerprint density at radius 3 is 2.72 bits per heavy atom. The van der Waals surface area contributed by atoms with Crippen LogP contribution in [-0.4, -0.2) is 70.0 Å². The van der Waals surface area contributed by atoms with Gasteiger partial charge in [-0.25, -0.2) is 0 Å². The van der Waals surface area contributed by atoms with Gasteiger partial charge in [-0.1, -0.05) is 24.3 Å². The first-order chi connectivity index (χ1) is 18.9. The van der Waals surface area contributed by atoms with Crippen molar-refractivity contribution in [2.24, 2.45) is 11.3 Å². The monoisotopic (exact) mass is 530 g/mol. The first-order valence-electron chi connectivity index (χ1n) is 14.2. The lowest BCUT2D eigenvalue weighted by molar-refractivity contribution is -0.274. The maximum Gasteiger partial charge on any atom is 0.244 e. The van der Waals surface area contributed by atoms with E-state index in [2.05, 4.69) is 29.4 Å². The number of methoxy groups -OCH3 is 3. The van der Waals surface area contributed by atoms with Crippen LogP contribution in [0.5, 0.6) is 17.2 Å². The van der Waals surface area contributed by atoms with E-state index >= 15 is 0 Å². The summed E-state index contributed by atoms with van der Waals surface area (Å²) in [6.07, 6.45) is 8.47. The zero-order valence-corrected chi connectivity index (χ0v) is 23.3. The smallest absolute Gasteiger partial charge is 0.244 e. The van der Waals surface area contributed by atoms with Crippen LogP contribution in [0.2, 0.25) is 0 Å². The summed E-state index contributed by atoms with van der Waals surface area (Å²) in [6.45, 7) is 1.61. The Morgan fingerprint density at radius 2 is 1.92 bits per heavy atom. The molecule has 1 N–H and O–H groups in total. The number of amides is 1. The molecule has 39 heavy (non-hydrogen) atoms. The average Bonchev–Trinajstić information content (AvgIpc) is 3.34. The molecule has 2 spiro atoms. The van der Waals surface area contributed by atoms with Gasteiger partial charge in [0, 0.05) is 53.6 Å². The number of rotatable bonds is 7. The molecule has 1 saturated heterocycles. The van der Waals surface area contributed by atoms with Crippen LogP contribution in [0.15, 0.2) is 42.5 Å². The van der Waals surface area contributed by atoms with Gasteiger partial charge in [0.15, 0.2) is 11.5 Å². The fourth-order valence-electron chi connectivity index (χ4n) is 9.47. The Kier molecular flexibility index (Phi) is 5.59. The maximum atomic E-state index is 13.0. The van der Waals surface area contributed by atoms with Gasteiger partial charge in [-0.2, -0.15) is 0 Å². The second-order valence-corrected chi connectivity index (χ2v) is 12.1. The largest absolute Gasteiger partial charge is 0.496 e. The Balaban J connectivity index is 1.23. The first kappa shape index (κ1) is 25.0. The van der Waals surface area contributed by atoms with Crippen LogP contribution >= 0.6 is 0 Å². The molecule has 4 bridgehead atoms. The molecule has 2 aliphatic heterocycles. The number of likely N-dealkylation sites (tertiary alicyclic amines) is 1. The van der Waals surface area contributed by atoms with Crippen molar-refractivity contribution in [3.63, 3.8) is 0 Å². The number of nitrogens with zero attached hydrogens (tertiary/aromatic N) is 1. The lowest BCUT2D eigenvalue weighted by atomic mass is 9.35. The molecule has 2 aromatic carbocycles. The zero-order valence-electron chi connectivity index (χ0n) is 23.3. The second kappa shape index (κ2) is 8.73. The molecule has 4 fully saturated rings. The highest BCUT2D eigenvalue weighted by Gasteiger charge is 2.80. The summed E-state index contributed by atoms with van der Waals surface area (Å²) in [5.41, 5.74) is 3.19. The van der Waals surface area contributed by atoms with E-state index in [1.807, 2.05) is 37.5 Å². The van der Waals surface area contributed by atoms with Gasteiger partial charge in [0.2, 0.25) is 5.91 Å². The fraction of sp³-hybridized carbons (Fsp3) is 0.531. The maximum absolute atomic E-state index is 13.0. The van der Waals surface area contributed by atoms with Crippen LogP contribution in [0, 0.1) is 11.3 Å². The minimum atomic E-state index is -0.472. The van der Waals surface area contributed by atoms with Gasteiger partial charge in [0.25, 0.3) is 0 Å². The standard InChI is InChI=1S/C32H38N2O5/c1-34-16-15-31-27-21-9-11-24(37-3)28(27)39-29(31)32(38-4)14-13-30(31,25(34)17-21)18-22(32)19-33-26(35)12-10-20-7-5-6-8-23(20)36-2/h5-12,22,25,29H,13-19H2,1-4H3,(H,33,35)/b12-10+/t22-,25-,29-,30-,31+,32-/m1/s1. The van der Waals surface area contributed by atoms with Gasteiger partial charge in [0.1, 0.15) is 17.5 Å². The Morgan fingerprint density at radius 1 is 1.10 bits per heavy atom. The summed E-state index contributed by atoms with van der Waals surface area (Å²) in [5.74, 6) is 2.53. The van der Waals surface area contributed by atoms with E-state index in [1.165, 1.54) is 11.1 Å². The topological polar surface area (TPSA) is 69.3 Å². The van der Waals surface area contributed by atoms with Gasteiger partial charge in [-0.05, 0) is 69.5 Å². The highest BCUT2D eigenvalue weighted by molar-refractivity contribution is 5.92. The van der Waals surface area contributed by atoms with E-state index in [0.717, 1.165) is 61.5 Å². The number of hydrogen-bond acceptors (Lipinski definition) is 6. The third-order valence-electron chi connectivity index (χ3n) is 11.1. The third kappa shape index (κ3) is 3.09. The molecular weight excluding hydrogens is 492 g/mol. The number of hydrogen-bond donors (Lipinski definition) is 1. The Labute approximate surface area is 230 Å². The molecule has 0 radical (unpaired) electrons. The summed E-state index contributed by atoms with van der Waals surface area (Å²) in [7, 11) is 7.50. The quantitative estimate of drug-likeness (QED) is 0.547. The molecule has 7 heteroatoms. The van der Waals surface area contributed by atoms with Crippen molar-refractivity contribution in [2.45, 2.75) is 55.3 Å². The van der Waals surface area contributed by atoms with E-state index in [-0.39, 0.29) is 28.8 Å². The van der Waals surface area contributed by atoms with Crippen molar-refractivity contribution in [3.05, 3.63) is 59.2 Å². The predicted octanol–water partition coefficient (Wildman–Crippen LogP) is 3.98. The normalized spacial score (nSPS) is 35.4. The van der Waals surface area contributed by atoms with Crippen LogP contribution in [-0.2, 0) is 21.4 Å². The Hall–Kier alpha value is -3.03. The van der Waals surface area contributed by atoms with Crippen LogP contribution < -0.4 is 19.5 Å². The molecule has 0 unspecified atom stereocenters. The average molecular weight is 531 g/mol. The molecule has 2 heterocycles. The molecule has 1 amide bonds. The number of likely N-dealkylation sites (N-methyl/N-ethyl adjacent to an activating group) is 1. The molecule has 6 atom stereocenters. The lowest BCUT2D eigenvalue weighted by Gasteiger charge is -2.73. The Bertz CT molecular complexity index is 1360. The zero-order chi connectivity index (χ0) is 27.0. The molecule has 6 aliphatic rings. The summed E-state index contributed by atoms with van der Waals surface area (Å²) in [6, 6.07) is 12.5. The van der Waals surface area contributed by atoms with Gasteiger partial charge in [0.05, 0.1) is 14.2 Å². The van der Waals surface area contributed by atoms with Crippen molar-refractivity contribution in [1.29, 1.82) is 0 Å². The number of fused-ring (bicyclic) bond motifs is 2. The first-order valence-corrected chi connectivity index (χ1v) is 14.2. The lowest BCUT2D eigenvalue weighted by Crippen LogP contribution is -2.81. The van der Waals surface area contributed by atoms with Crippen LogP contribution in [0.1, 0.15) is 42.4 Å². The minimum Gasteiger partial charge on any atom is -0.496 e. The van der Waals surface area contributed by atoms with E-state index < -0.39 is 5.60 Å². The summed E-state index contributed by atoms with van der Waals surface area (Å²) in [5, 5.41) is 3.22. The van der Waals surface area contributed by atoms with Crippen LogP contribution in [0.3, 0.4) is 0 Å². The number of benzene rings is 2. The molecule has 206 valence electrons. The van der Waals surface area contributed by atoms with Gasteiger partial charge >= 0.3 is 0 Å². The second-order valence-electron chi connectivity index (χ2n) is 12.1. The summed E-state index contributed by atoms with van der Waals surface area (Å²) >= 11 is 0. The van der Waals surface area contributed by atoms with E-state index in [4.69, 9.17) is 18.9 Å². The van der Waals surface area contributed by atoms with Crippen molar-refractivity contribution in [3.8, 4) is 17.2 Å². The summed E-state index contributed by atoms with van der Waals surface area (Å²) in [4.78, 5) is 15.6. The molecule has 3 saturated carbocycles. The number of carbonyl (C=O) groups excluding carboxylic acids is 1. The van der Waals surface area contributed by atoms with E-state index in [1.54, 1.807) is 20.3 Å². The summed E-state index contributed by atoms with van der Waals surface area (Å²) < 4.78 is 24.8. The van der Waals surface area contributed by atoms with Crippen molar-refractivity contribution < 1.29 is 23.7 Å². The van der Waals surface area contributed by atoms with Crippen molar-refractivity contribution in [1.82, 2.24) is 10.2 Å². The predicted molar refractivity (Wildman–Crippen MR) is 148 cm³/mol. The third-order valence-corrected chi connectivity index (χ3v) is 11.1. The number of para-hydroxylation sites is 1. The van der Waals surface area contributed by atoms with Gasteiger partial charge in [-0.15, -0.1) is 0 Å². The molecule has 7 nitrogen and oxygen atoms in total. The number of piperidine rings is 1. The van der Waals surface area contributed by atoms with Crippen LogP contribution in [0.4, 0.5) is 0 Å². The van der Waals surface area contributed by atoms with Crippen LogP contribution in [0.25, 0.3) is 6.08 Å². The van der Waals surface area contributed by atoms with Crippen molar-refractivity contribution in [2.75, 3.05) is 41.5 Å². The molecule has 4 aliphatic carbocycles. The molecular formula is C32H38N2O5. The number of ether oxygens (including phenoxy) is 4.